The monoisotopic (exact) mass is 380 g/mol. The van der Waals surface area contributed by atoms with E-state index in [4.69, 9.17) is 21.1 Å². The molecule has 0 amide bonds. The zero-order chi connectivity index (χ0) is 18.4. The van der Waals surface area contributed by atoms with Gasteiger partial charge in [0.15, 0.2) is 0 Å². The fourth-order valence-corrected chi connectivity index (χ4v) is 2.88. The number of rotatable bonds is 6. The zero-order valence-corrected chi connectivity index (χ0v) is 16.1. The summed E-state index contributed by atoms with van der Waals surface area (Å²) in [5.74, 6) is 1.61. The summed E-state index contributed by atoms with van der Waals surface area (Å²) in [6.07, 6.45) is 0.0535. The standard InChI is InChI=1S/C19H21ClO4S/c1-4-13-8-12(2)16(20)9-18(13)23-10-15-14(11-25)6-5-7-17(15)24-19(21)22-3/h5-9,25H,4,10-11H2,1-3H3. The molecule has 4 nitrogen and oxygen atoms in total. The number of benzene rings is 2. The molecule has 6 heteroatoms. The van der Waals surface area contributed by atoms with Crippen LogP contribution in [0.1, 0.15) is 29.2 Å². The van der Waals surface area contributed by atoms with Crippen molar-refractivity contribution in [3.8, 4) is 11.5 Å². The molecule has 0 radical (unpaired) electrons. The second-order valence-electron chi connectivity index (χ2n) is 5.46. The molecule has 0 aliphatic rings. The Balaban J connectivity index is 2.31. The van der Waals surface area contributed by atoms with Gasteiger partial charge in [0.25, 0.3) is 0 Å². The number of carbonyl (C=O) groups excluding carboxylic acids is 1. The van der Waals surface area contributed by atoms with Crippen LogP contribution in [0.5, 0.6) is 11.5 Å². The third kappa shape index (κ3) is 4.83. The molecule has 0 spiro atoms. The maximum Gasteiger partial charge on any atom is 0.513 e. The Morgan fingerprint density at radius 2 is 1.96 bits per heavy atom. The van der Waals surface area contributed by atoms with Crippen molar-refractivity contribution in [2.75, 3.05) is 7.11 Å². The first-order chi connectivity index (χ1) is 12.0. The van der Waals surface area contributed by atoms with E-state index in [1.165, 1.54) is 7.11 Å². The van der Waals surface area contributed by atoms with Crippen LogP contribution in [0.3, 0.4) is 0 Å². The van der Waals surface area contributed by atoms with Gasteiger partial charge in [0.05, 0.1) is 7.11 Å². The Morgan fingerprint density at radius 1 is 1.20 bits per heavy atom. The topological polar surface area (TPSA) is 44.8 Å². The van der Waals surface area contributed by atoms with Crippen molar-refractivity contribution in [3.05, 3.63) is 57.6 Å². The average Bonchev–Trinajstić information content (AvgIpc) is 2.62. The normalized spacial score (nSPS) is 10.4. The van der Waals surface area contributed by atoms with Crippen LogP contribution in [0.4, 0.5) is 4.79 Å². The van der Waals surface area contributed by atoms with Crippen molar-refractivity contribution in [1.82, 2.24) is 0 Å². The highest BCUT2D eigenvalue weighted by molar-refractivity contribution is 7.79. The highest BCUT2D eigenvalue weighted by atomic mass is 35.5. The Kier molecular flexibility index (Phi) is 7.02. The number of aryl methyl sites for hydroxylation is 2. The summed E-state index contributed by atoms with van der Waals surface area (Å²) in [7, 11) is 1.27. The fourth-order valence-electron chi connectivity index (χ4n) is 2.43. The van der Waals surface area contributed by atoms with Crippen molar-refractivity contribution in [2.45, 2.75) is 32.6 Å². The highest BCUT2D eigenvalue weighted by Crippen LogP contribution is 2.30. The lowest BCUT2D eigenvalue weighted by Crippen LogP contribution is -2.11. The van der Waals surface area contributed by atoms with Gasteiger partial charge in [0.2, 0.25) is 0 Å². The Morgan fingerprint density at radius 3 is 2.60 bits per heavy atom. The van der Waals surface area contributed by atoms with E-state index in [0.29, 0.717) is 16.5 Å². The number of hydrogen-bond acceptors (Lipinski definition) is 5. The second-order valence-corrected chi connectivity index (χ2v) is 6.18. The molecule has 0 aliphatic carbocycles. The van der Waals surface area contributed by atoms with Crippen molar-refractivity contribution < 1.29 is 19.0 Å². The first kappa shape index (κ1) is 19.5. The van der Waals surface area contributed by atoms with E-state index >= 15 is 0 Å². The van der Waals surface area contributed by atoms with Gasteiger partial charge < -0.3 is 14.2 Å². The summed E-state index contributed by atoms with van der Waals surface area (Å²) < 4.78 is 15.8. The van der Waals surface area contributed by atoms with Gasteiger partial charge in [-0.15, -0.1) is 0 Å². The van der Waals surface area contributed by atoms with Gasteiger partial charge in [-0.05, 0) is 42.2 Å². The molecule has 0 atom stereocenters. The predicted octanol–water partition coefficient (Wildman–Crippen LogP) is 5.36. The molecule has 0 heterocycles. The van der Waals surface area contributed by atoms with Gasteiger partial charge in [-0.2, -0.15) is 12.6 Å². The molecular weight excluding hydrogens is 360 g/mol. The molecule has 0 fully saturated rings. The highest BCUT2D eigenvalue weighted by Gasteiger charge is 2.15. The largest absolute Gasteiger partial charge is 0.513 e. The van der Waals surface area contributed by atoms with E-state index < -0.39 is 6.16 Å². The van der Waals surface area contributed by atoms with E-state index in [1.807, 2.05) is 25.1 Å². The molecule has 0 N–H and O–H groups in total. The molecule has 2 rings (SSSR count). The van der Waals surface area contributed by atoms with Crippen molar-refractivity contribution in [2.24, 2.45) is 0 Å². The SMILES string of the molecule is CCc1cc(C)c(Cl)cc1OCc1c(CS)cccc1OC(=O)OC. The first-order valence-corrected chi connectivity index (χ1v) is 8.90. The smallest absolute Gasteiger partial charge is 0.488 e. The van der Waals surface area contributed by atoms with Crippen LogP contribution in [0, 0.1) is 6.92 Å². The average molecular weight is 381 g/mol. The minimum atomic E-state index is -0.773. The molecule has 134 valence electrons. The molecule has 2 aromatic carbocycles. The Bertz CT molecular complexity index is 761. The van der Waals surface area contributed by atoms with E-state index in [0.717, 1.165) is 34.4 Å². The quantitative estimate of drug-likeness (QED) is 0.416. The molecule has 0 bridgehead atoms. The van der Waals surface area contributed by atoms with E-state index in [1.54, 1.807) is 12.1 Å². The molecule has 0 saturated heterocycles. The van der Waals surface area contributed by atoms with Crippen molar-refractivity contribution in [3.63, 3.8) is 0 Å². The van der Waals surface area contributed by atoms with Crippen LogP contribution < -0.4 is 9.47 Å². The Hall–Kier alpha value is -1.85. The van der Waals surface area contributed by atoms with Crippen LogP contribution in [-0.2, 0) is 23.5 Å². The lowest BCUT2D eigenvalue weighted by molar-refractivity contribution is 0.120. The maximum absolute atomic E-state index is 11.5. The summed E-state index contributed by atoms with van der Waals surface area (Å²) >= 11 is 10.6. The van der Waals surface area contributed by atoms with Gasteiger partial charge in [0, 0.05) is 16.3 Å². The summed E-state index contributed by atoms with van der Waals surface area (Å²) in [5.41, 5.74) is 3.75. The molecular formula is C19H21ClO4S. The van der Waals surface area contributed by atoms with Gasteiger partial charge in [0.1, 0.15) is 18.1 Å². The maximum atomic E-state index is 11.5. The number of thiol groups is 1. The van der Waals surface area contributed by atoms with Crippen molar-refractivity contribution >= 4 is 30.4 Å². The van der Waals surface area contributed by atoms with E-state index in [-0.39, 0.29) is 6.61 Å². The third-order valence-electron chi connectivity index (χ3n) is 3.86. The number of ether oxygens (including phenoxy) is 3. The first-order valence-electron chi connectivity index (χ1n) is 7.89. The summed E-state index contributed by atoms with van der Waals surface area (Å²) in [6, 6.07) is 9.26. The van der Waals surface area contributed by atoms with Crippen LogP contribution in [0.25, 0.3) is 0 Å². The molecule has 0 unspecified atom stereocenters. The summed E-state index contributed by atoms with van der Waals surface area (Å²) in [4.78, 5) is 11.5. The molecule has 0 aliphatic heterocycles. The third-order valence-corrected chi connectivity index (χ3v) is 4.60. The molecule has 0 saturated carbocycles. The fraction of sp³-hybridized carbons (Fsp3) is 0.316. The minimum Gasteiger partial charge on any atom is -0.488 e. The van der Waals surface area contributed by atoms with Gasteiger partial charge >= 0.3 is 6.16 Å². The minimum absolute atomic E-state index is 0.232. The van der Waals surface area contributed by atoms with Gasteiger partial charge in [-0.1, -0.05) is 36.7 Å². The summed E-state index contributed by atoms with van der Waals surface area (Å²) in [6.45, 7) is 4.25. The van der Waals surface area contributed by atoms with E-state index in [9.17, 15) is 4.79 Å². The zero-order valence-electron chi connectivity index (χ0n) is 14.5. The Labute approximate surface area is 158 Å². The second kappa shape index (κ2) is 9.02. The summed E-state index contributed by atoms with van der Waals surface area (Å²) in [5, 5.41) is 0.653. The number of methoxy groups -OCH3 is 1. The van der Waals surface area contributed by atoms with Gasteiger partial charge in [-0.3, -0.25) is 0 Å². The molecule has 25 heavy (non-hydrogen) atoms. The van der Waals surface area contributed by atoms with Gasteiger partial charge in [-0.25, -0.2) is 4.79 Å². The number of halogens is 1. The predicted molar refractivity (Wildman–Crippen MR) is 102 cm³/mol. The molecule has 2 aromatic rings. The van der Waals surface area contributed by atoms with Crippen LogP contribution in [-0.4, -0.2) is 13.3 Å². The van der Waals surface area contributed by atoms with Crippen molar-refractivity contribution in [1.29, 1.82) is 0 Å². The number of hydrogen-bond donors (Lipinski definition) is 1. The molecule has 0 aromatic heterocycles. The van der Waals surface area contributed by atoms with Crippen LogP contribution in [0.2, 0.25) is 5.02 Å². The van der Waals surface area contributed by atoms with Crippen LogP contribution in [0.15, 0.2) is 30.3 Å². The lowest BCUT2D eigenvalue weighted by Gasteiger charge is -2.16. The van der Waals surface area contributed by atoms with E-state index in [2.05, 4.69) is 24.3 Å². The van der Waals surface area contributed by atoms with Crippen LogP contribution >= 0.6 is 24.2 Å². The lowest BCUT2D eigenvalue weighted by atomic mass is 10.1. The number of carbonyl (C=O) groups is 1.